The highest BCUT2D eigenvalue weighted by Crippen LogP contribution is 2.08. The van der Waals surface area contributed by atoms with Crippen molar-refractivity contribution in [2.45, 2.75) is 19.4 Å². The number of rotatable bonds is 7. The van der Waals surface area contributed by atoms with E-state index in [0.717, 1.165) is 22.4 Å². The summed E-state index contributed by atoms with van der Waals surface area (Å²) in [5, 5.41) is 4.07. The quantitative estimate of drug-likeness (QED) is 0.253. The maximum Gasteiger partial charge on any atom is 0.535 e. The molecule has 0 aliphatic carbocycles. The second kappa shape index (κ2) is 9.92. The molecule has 0 saturated heterocycles. The molecule has 0 amide bonds. The van der Waals surface area contributed by atoms with Crippen LogP contribution in [-0.2, 0) is 29.0 Å². The third-order valence-electron chi connectivity index (χ3n) is 3.95. The molecule has 0 fully saturated rings. The zero-order valence-electron chi connectivity index (χ0n) is 15.0. The number of oxime groups is 1. The van der Waals surface area contributed by atoms with Crippen LogP contribution in [0, 0.1) is 0 Å². The van der Waals surface area contributed by atoms with Crippen molar-refractivity contribution in [3.05, 3.63) is 108 Å². The topological polar surface area (TPSA) is 47.9 Å². The van der Waals surface area contributed by atoms with Crippen LogP contribution < -0.4 is 0 Å². The lowest BCUT2D eigenvalue weighted by molar-refractivity contribution is 0.0516. The van der Waals surface area contributed by atoms with Gasteiger partial charge in [-0.15, -0.1) is 0 Å². The van der Waals surface area contributed by atoms with Crippen LogP contribution >= 0.6 is 0 Å². The molecule has 0 aromatic heterocycles. The minimum Gasteiger partial charge on any atom is -0.428 e. The van der Waals surface area contributed by atoms with E-state index in [1.807, 2.05) is 91.0 Å². The normalized spacial score (nSPS) is 10.1. The maximum absolute atomic E-state index is 11.9. The highest BCUT2D eigenvalue weighted by atomic mass is 16.8. The number of hydrogen-bond acceptors (Lipinski definition) is 4. The molecule has 4 heteroatoms. The number of carbonyl (C=O) groups is 1. The third-order valence-corrected chi connectivity index (χ3v) is 3.95. The van der Waals surface area contributed by atoms with Crippen molar-refractivity contribution in [1.29, 1.82) is 0 Å². The molecule has 27 heavy (non-hydrogen) atoms. The summed E-state index contributed by atoms with van der Waals surface area (Å²) in [5.74, 6) is 0. The number of nitrogens with zero attached hydrogens (tertiary/aromatic N) is 1. The summed E-state index contributed by atoms with van der Waals surface area (Å²) in [5.41, 5.74) is 3.86. The lowest BCUT2D eigenvalue weighted by Gasteiger charge is -2.07. The van der Waals surface area contributed by atoms with Crippen molar-refractivity contribution in [3.63, 3.8) is 0 Å². The van der Waals surface area contributed by atoms with Crippen molar-refractivity contribution < 1.29 is 14.4 Å². The smallest absolute Gasteiger partial charge is 0.428 e. The first-order valence-electron chi connectivity index (χ1n) is 8.81. The van der Waals surface area contributed by atoms with Crippen LogP contribution in [0.2, 0.25) is 0 Å². The Bertz CT molecular complexity index is 818. The van der Waals surface area contributed by atoms with E-state index in [-0.39, 0.29) is 6.61 Å². The van der Waals surface area contributed by atoms with Gasteiger partial charge in [-0.25, -0.2) is 4.79 Å². The molecule has 0 heterocycles. The molecule has 3 aromatic carbocycles. The van der Waals surface area contributed by atoms with Gasteiger partial charge in [0.05, 0.1) is 5.71 Å². The van der Waals surface area contributed by atoms with Crippen LogP contribution in [0.15, 0.2) is 96.2 Å². The molecule has 0 unspecified atom stereocenters. The van der Waals surface area contributed by atoms with Gasteiger partial charge in [-0.3, -0.25) is 4.84 Å². The summed E-state index contributed by atoms with van der Waals surface area (Å²) >= 11 is 0. The van der Waals surface area contributed by atoms with Crippen LogP contribution in [0.4, 0.5) is 4.79 Å². The van der Waals surface area contributed by atoms with E-state index in [1.165, 1.54) is 0 Å². The summed E-state index contributed by atoms with van der Waals surface area (Å²) in [6, 6.07) is 29.4. The van der Waals surface area contributed by atoms with E-state index in [0.29, 0.717) is 12.8 Å². The van der Waals surface area contributed by atoms with Crippen molar-refractivity contribution in [1.82, 2.24) is 0 Å². The van der Waals surface area contributed by atoms with Crippen LogP contribution in [0.5, 0.6) is 0 Å². The van der Waals surface area contributed by atoms with Crippen LogP contribution in [0.25, 0.3) is 0 Å². The third kappa shape index (κ3) is 6.44. The van der Waals surface area contributed by atoms with Crippen molar-refractivity contribution in [2.24, 2.45) is 5.16 Å². The second-order valence-corrected chi connectivity index (χ2v) is 6.10. The molecule has 0 aliphatic heterocycles. The molecule has 3 aromatic rings. The molecule has 3 rings (SSSR count). The zero-order valence-corrected chi connectivity index (χ0v) is 15.0. The van der Waals surface area contributed by atoms with Crippen LogP contribution in [-0.4, -0.2) is 11.9 Å². The fourth-order valence-corrected chi connectivity index (χ4v) is 2.63. The summed E-state index contributed by atoms with van der Waals surface area (Å²) in [6.07, 6.45) is 0.390. The SMILES string of the molecule is O=C(OCc1ccccc1)ON=C(Cc1ccccc1)Cc1ccccc1. The molecule has 0 saturated carbocycles. The Morgan fingerprint density at radius 3 is 1.59 bits per heavy atom. The standard InChI is InChI=1S/C23H21NO3/c25-23(26-18-21-14-8-3-9-15-21)27-24-22(16-19-10-4-1-5-11-19)17-20-12-6-2-7-13-20/h1-15H,16-18H2. The summed E-state index contributed by atoms with van der Waals surface area (Å²) in [7, 11) is 0. The van der Waals surface area contributed by atoms with Crippen molar-refractivity contribution in [3.8, 4) is 0 Å². The van der Waals surface area contributed by atoms with Crippen LogP contribution in [0.1, 0.15) is 16.7 Å². The fourth-order valence-electron chi connectivity index (χ4n) is 2.63. The van der Waals surface area contributed by atoms with Gasteiger partial charge >= 0.3 is 6.16 Å². The monoisotopic (exact) mass is 359 g/mol. The molecular formula is C23H21NO3. The molecular weight excluding hydrogens is 338 g/mol. The zero-order chi connectivity index (χ0) is 18.7. The van der Waals surface area contributed by atoms with E-state index < -0.39 is 6.16 Å². The van der Waals surface area contributed by atoms with E-state index in [4.69, 9.17) is 9.57 Å². The largest absolute Gasteiger partial charge is 0.535 e. The van der Waals surface area contributed by atoms with Gasteiger partial charge in [-0.2, -0.15) is 0 Å². The van der Waals surface area contributed by atoms with Gasteiger partial charge in [-0.1, -0.05) is 96.2 Å². The van der Waals surface area contributed by atoms with E-state index in [9.17, 15) is 4.79 Å². The highest BCUT2D eigenvalue weighted by molar-refractivity contribution is 5.88. The van der Waals surface area contributed by atoms with Gasteiger partial charge in [-0.05, 0) is 16.7 Å². The first-order valence-corrected chi connectivity index (χ1v) is 8.81. The summed E-state index contributed by atoms with van der Waals surface area (Å²) < 4.78 is 5.11. The van der Waals surface area contributed by atoms with Gasteiger partial charge in [0.15, 0.2) is 0 Å². The van der Waals surface area contributed by atoms with E-state index >= 15 is 0 Å². The minimum absolute atomic E-state index is 0.155. The Labute approximate surface area is 159 Å². The van der Waals surface area contributed by atoms with Crippen molar-refractivity contribution in [2.75, 3.05) is 0 Å². The first-order chi connectivity index (χ1) is 13.3. The van der Waals surface area contributed by atoms with Gasteiger partial charge < -0.3 is 4.74 Å². The average molecular weight is 359 g/mol. The maximum atomic E-state index is 11.9. The summed E-state index contributed by atoms with van der Waals surface area (Å²) in [6.45, 7) is 0.155. The molecule has 0 radical (unpaired) electrons. The Morgan fingerprint density at radius 1 is 0.667 bits per heavy atom. The molecule has 0 aliphatic rings. The molecule has 0 bridgehead atoms. The van der Waals surface area contributed by atoms with Gasteiger partial charge in [0.1, 0.15) is 6.61 Å². The second-order valence-electron chi connectivity index (χ2n) is 6.10. The molecule has 136 valence electrons. The number of benzene rings is 3. The summed E-state index contributed by atoms with van der Waals surface area (Å²) in [4.78, 5) is 16.9. The number of ether oxygens (including phenoxy) is 1. The van der Waals surface area contributed by atoms with Gasteiger partial charge in [0, 0.05) is 12.8 Å². The average Bonchev–Trinajstić information content (AvgIpc) is 2.73. The first kappa shape index (κ1) is 18.4. The lowest BCUT2D eigenvalue weighted by Crippen LogP contribution is -2.11. The number of hydrogen-bond donors (Lipinski definition) is 0. The molecule has 0 spiro atoms. The van der Waals surface area contributed by atoms with Crippen molar-refractivity contribution >= 4 is 11.9 Å². The Hall–Kier alpha value is -3.40. The lowest BCUT2D eigenvalue weighted by atomic mass is 10.0. The predicted octanol–water partition coefficient (Wildman–Crippen LogP) is 5.18. The number of carbonyl (C=O) groups excluding carboxylic acids is 1. The van der Waals surface area contributed by atoms with Gasteiger partial charge in [0.2, 0.25) is 0 Å². The Morgan fingerprint density at radius 2 is 1.11 bits per heavy atom. The van der Waals surface area contributed by atoms with E-state index in [1.54, 1.807) is 0 Å². The molecule has 0 N–H and O–H groups in total. The van der Waals surface area contributed by atoms with E-state index in [2.05, 4.69) is 5.16 Å². The predicted molar refractivity (Wildman–Crippen MR) is 105 cm³/mol. The Balaban J connectivity index is 1.62. The van der Waals surface area contributed by atoms with Gasteiger partial charge in [0.25, 0.3) is 0 Å². The fraction of sp³-hybridized carbons (Fsp3) is 0.130. The van der Waals surface area contributed by atoms with Crippen LogP contribution in [0.3, 0.4) is 0 Å². The Kier molecular flexibility index (Phi) is 6.76. The molecule has 0 atom stereocenters. The molecule has 4 nitrogen and oxygen atoms in total. The highest BCUT2D eigenvalue weighted by Gasteiger charge is 2.08. The minimum atomic E-state index is -0.808.